The van der Waals surface area contributed by atoms with E-state index in [0.717, 1.165) is 5.56 Å². The molecule has 0 aliphatic rings. The van der Waals surface area contributed by atoms with Gasteiger partial charge in [-0.2, -0.15) is 5.26 Å². The highest BCUT2D eigenvalue weighted by Crippen LogP contribution is 2.21. The maximum absolute atomic E-state index is 11.0. The number of rotatable bonds is 5. The van der Waals surface area contributed by atoms with Crippen LogP contribution < -0.4 is 4.74 Å². The van der Waals surface area contributed by atoms with Gasteiger partial charge in [0.2, 0.25) is 0 Å². The molecule has 4 heteroatoms. The molecule has 1 atom stereocenters. The molecule has 0 aliphatic heterocycles. The van der Waals surface area contributed by atoms with Gasteiger partial charge in [-0.15, -0.1) is 0 Å². The van der Waals surface area contributed by atoms with Gasteiger partial charge in [0.25, 0.3) is 0 Å². The van der Waals surface area contributed by atoms with Gasteiger partial charge in [0.05, 0.1) is 6.07 Å². The normalized spacial score (nSPS) is 11.3. The van der Waals surface area contributed by atoms with Gasteiger partial charge >= 0.3 is 5.97 Å². The van der Waals surface area contributed by atoms with E-state index in [0.29, 0.717) is 17.9 Å². The minimum absolute atomic E-state index is 0.397. The number of aliphatic carboxylic acids is 1. The third-order valence-electron chi connectivity index (χ3n) is 2.82. The van der Waals surface area contributed by atoms with Crippen molar-refractivity contribution in [2.75, 3.05) is 0 Å². The SMILES string of the molecule is N#CC(C(=O)O)c1cccc(OCc2ccccc2)c1. The zero-order valence-corrected chi connectivity index (χ0v) is 10.7. The van der Waals surface area contributed by atoms with E-state index in [2.05, 4.69) is 0 Å². The van der Waals surface area contributed by atoms with E-state index in [4.69, 9.17) is 15.1 Å². The Balaban J connectivity index is 2.10. The van der Waals surface area contributed by atoms with Crippen LogP contribution in [0.2, 0.25) is 0 Å². The van der Waals surface area contributed by atoms with Crippen LogP contribution in [0.5, 0.6) is 5.75 Å². The Morgan fingerprint density at radius 2 is 1.95 bits per heavy atom. The summed E-state index contributed by atoms with van der Waals surface area (Å²) < 4.78 is 5.60. The van der Waals surface area contributed by atoms with Gasteiger partial charge in [0.1, 0.15) is 12.4 Å². The van der Waals surface area contributed by atoms with Gasteiger partial charge in [-0.05, 0) is 23.3 Å². The van der Waals surface area contributed by atoms with Crippen molar-refractivity contribution in [2.24, 2.45) is 0 Å². The minimum atomic E-state index is -1.17. The Hall–Kier alpha value is -2.80. The summed E-state index contributed by atoms with van der Waals surface area (Å²) in [7, 11) is 0. The fourth-order valence-corrected chi connectivity index (χ4v) is 1.80. The first-order valence-electron chi connectivity index (χ1n) is 6.10. The Morgan fingerprint density at radius 3 is 2.60 bits per heavy atom. The molecule has 0 aliphatic carbocycles. The van der Waals surface area contributed by atoms with E-state index in [1.165, 1.54) is 0 Å². The van der Waals surface area contributed by atoms with Gasteiger partial charge in [0.15, 0.2) is 5.92 Å². The van der Waals surface area contributed by atoms with Crippen LogP contribution in [0.1, 0.15) is 17.0 Å². The maximum atomic E-state index is 11.0. The maximum Gasteiger partial charge on any atom is 0.325 e. The Kier molecular flexibility index (Phi) is 4.35. The quantitative estimate of drug-likeness (QED) is 0.904. The molecule has 0 heterocycles. The molecule has 1 N–H and O–H groups in total. The van der Waals surface area contributed by atoms with Crippen LogP contribution in [0.4, 0.5) is 0 Å². The predicted molar refractivity (Wildman–Crippen MR) is 73.2 cm³/mol. The summed E-state index contributed by atoms with van der Waals surface area (Å²) in [6.07, 6.45) is 0. The van der Waals surface area contributed by atoms with Gasteiger partial charge in [-0.3, -0.25) is 4.79 Å². The van der Waals surface area contributed by atoms with Crippen molar-refractivity contribution in [2.45, 2.75) is 12.5 Å². The fourth-order valence-electron chi connectivity index (χ4n) is 1.80. The van der Waals surface area contributed by atoms with Crippen LogP contribution in [-0.2, 0) is 11.4 Å². The summed E-state index contributed by atoms with van der Waals surface area (Å²) in [5.74, 6) is -1.78. The standard InChI is InChI=1S/C16H13NO3/c17-10-15(16(18)19)13-7-4-8-14(9-13)20-11-12-5-2-1-3-6-12/h1-9,15H,11H2,(H,18,19). The van der Waals surface area contributed by atoms with Gasteiger partial charge in [-0.1, -0.05) is 42.5 Å². The molecular formula is C16H13NO3. The first kappa shape index (κ1) is 13.6. The number of ether oxygens (including phenoxy) is 1. The lowest BCUT2D eigenvalue weighted by Crippen LogP contribution is -2.09. The van der Waals surface area contributed by atoms with Gasteiger partial charge in [-0.25, -0.2) is 0 Å². The van der Waals surface area contributed by atoms with E-state index in [1.54, 1.807) is 30.3 Å². The monoisotopic (exact) mass is 267 g/mol. The van der Waals surface area contributed by atoms with E-state index < -0.39 is 11.9 Å². The van der Waals surface area contributed by atoms with Gasteiger partial charge in [0, 0.05) is 0 Å². The van der Waals surface area contributed by atoms with Crippen LogP contribution in [0, 0.1) is 11.3 Å². The smallest absolute Gasteiger partial charge is 0.325 e. The second kappa shape index (κ2) is 6.39. The zero-order valence-electron chi connectivity index (χ0n) is 10.7. The molecule has 0 spiro atoms. The third-order valence-corrected chi connectivity index (χ3v) is 2.82. The Morgan fingerprint density at radius 1 is 1.20 bits per heavy atom. The average molecular weight is 267 g/mol. The van der Waals surface area contributed by atoms with Crippen molar-refractivity contribution >= 4 is 5.97 Å². The van der Waals surface area contributed by atoms with Crippen molar-refractivity contribution < 1.29 is 14.6 Å². The lowest BCUT2D eigenvalue weighted by atomic mass is 10.0. The molecule has 0 saturated heterocycles. The minimum Gasteiger partial charge on any atom is -0.489 e. The van der Waals surface area contributed by atoms with E-state index >= 15 is 0 Å². The third kappa shape index (κ3) is 3.36. The van der Waals surface area contributed by atoms with Crippen LogP contribution in [0.25, 0.3) is 0 Å². The molecule has 0 amide bonds. The highest BCUT2D eigenvalue weighted by Gasteiger charge is 2.19. The number of benzene rings is 2. The fraction of sp³-hybridized carbons (Fsp3) is 0.125. The van der Waals surface area contributed by atoms with Crippen molar-refractivity contribution in [1.29, 1.82) is 5.26 Å². The molecule has 0 aromatic heterocycles. The molecule has 1 unspecified atom stereocenters. The first-order chi connectivity index (χ1) is 9.70. The number of nitrogens with zero attached hydrogens (tertiary/aromatic N) is 1. The van der Waals surface area contributed by atoms with Crippen LogP contribution in [0.15, 0.2) is 54.6 Å². The number of hydrogen-bond acceptors (Lipinski definition) is 3. The van der Waals surface area contributed by atoms with Crippen LogP contribution in [0.3, 0.4) is 0 Å². The molecule has 4 nitrogen and oxygen atoms in total. The van der Waals surface area contributed by atoms with Crippen LogP contribution in [-0.4, -0.2) is 11.1 Å². The highest BCUT2D eigenvalue weighted by atomic mass is 16.5. The zero-order chi connectivity index (χ0) is 14.4. The highest BCUT2D eigenvalue weighted by molar-refractivity contribution is 5.79. The Bertz CT molecular complexity index is 632. The lowest BCUT2D eigenvalue weighted by Gasteiger charge is -2.09. The van der Waals surface area contributed by atoms with Crippen LogP contribution >= 0.6 is 0 Å². The number of nitriles is 1. The van der Waals surface area contributed by atoms with Crippen molar-refractivity contribution in [1.82, 2.24) is 0 Å². The Labute approximate surface area is 116 Å². The number of carboxylic acid groups (broad SMARTS) is 1. The molecule has 2 rings (SSSR count). The molecule has 2 aromatic rings. The summed E-state index contributed by atoms with van der Waals surface area (Å²) >= 11 is 0. The van der Waals surface area contributed by atoms with E-state index in [1.807, 2.05) is 30.3 Å². The summed E-state index contributed by atoms with van der Waals surface area (Å²) in [4.78, 5) is 11.0. The molecular weight excluding hydrogens is 254 g/mol. The molecule has 2 aromatic carbocycles. The summed E-state index contributed by atoms with van der Waals surface area (Å²) in [6, 6.07) is 18.0. The molecule has 0 bridgehead atoms. The number of carboxylic acids is 1. The summed E-state index contributed by atoms with van der Waals surface area (Å²) in [5, 5.41) is 17.8. The summed E-state index contributed by atoms with van der Waals surface area (Å²) in [6.45, 7) is 0.397. The predicted octanol–water partition coefficient (Wildman–Crippen LogP) is 2.96. The largest absolute Gasteiger partial charge is 0.489 e. The van der Waals surface area contributed by atoms with Crippen molar-refractivity contribution in [3.05, 3.63) is 65.7 Å². The lowest BCUT2D eigenvalue weighted by molar-refractivity contribution is -0.137. The number of hydrogen-bond donors (Lipinski definition) is 1. The van der Waals surface area contributed by atoms with E-state index in [-0.39, 0.29) is 0 Å². The first-order valence-corrected chi connectivity index (χ1v) is 6.10. The topological polar surface area (TPSA) is 70.3 Å². The van der Waals surface area contributed by atoms with E-state index in [9.17, 15) is 4.79 Å². The van der Waals surface area contributed by atoms with Gasteiger partial charge < -0.3 is 9.84 Å². The molecule has 0 saturated carbocycles. The van der Waals surface area contributed by atoms with Crippen molar-refractivity contribution in [3.8, 4) is 11.8 Å². The molecule has 0 radical (unpaired) electrons. The second-order valence-electron chi connectivity index (χ2n) is 4.25. The van der Waals surface area contributed by atoms with Crippen molar-refractivity contribution in [3.63, 3.8) is 0 Å². The number of carbonyl (C=O) groups is 1. The second-order valence-corrected chi connectivity index (χ2v) is 4.25. The summed E-state index contributed by atoms with van der Waals surface area (Å²) in [5.41, 5.74) is 1.44. The molecule has 100 valence electrons. The average Bonchev–Trinajstić information content (AvgIpc) is 2.47. The molecule has 0 fully saturated rings. The molecule has 20 heavy (non-hydrogen) atoms.